The third-order valence-corrected chi connectivity index (χ3v) is 3.69. The molecule has 2 rings (SSSR count). The summed E-state index contributed by atoms with van der Waals surface area (Å²) in [5.41, 5.74) is 0.545. The van der Waals surface area contributed by atoms with E-state index in [2.05, 4.69) is 20.6 Å². The second-order valence-corrected chi connectivity index (χ2v) is 5.23. The number of aryl methyl sites for hydroxylation is 1. The number of amides is 2. The second-order valence-electron chi connectivity index (χ2n) is 5.23. The van der Waals surface area contributed by atoms with E-state index in [1.54, 1.807) is 12.4 Å². The van der Waals surface area contributed by atoms with Gasteiger partial charge in [-0.3, -0.25) is 4.79 Å². The molecule has 21 heavy (non-hydrogen) atoms. The van der Waals surface area contributed by atoms with E-state index in [0.717, 1.165) is 12.2 Å². The molecule has 0 saturated heterocycles. The average molecular weight is 292 g/mol. The van der Waals surface area contributed by atoms with Gasteiger partial charge in [0.25, 0.3) is 0 Å². The number of anilines is 1. The Kier molecular flexibility index (Phi) is 5.08. The van der Waals surface area contributed by atoms with Crippen molar-refractivity contribution in [3.8, 4) is 0 Å². The highest BCUT2D eigenvalue weighted by Crippen LogP contribution is 2.24. The van der Waals surface area contributed by atoms with Crippen molar-refractivity contribution in [3.63, 3.8) is 0 Å². The van der Waals surface area contributed by atoms with Gasteiger partial charge in [-0.2, -0.15) is 0 Å². The molecule has 7 nitrogen and oxygen atoms in total. The molecular weight excluding hydrogens is 272 g/mol. The number of carbonyl (C=O) groups is 2. The molecule has 1 saturated carbocycles. The monoisotopic (exact) mass is 292 g/mol. The summed E-state index contributed by atoms with van der Waals surface area (Å²) in [5, 5.41) is 14.5. The second kappa shape index (κ2) is 7.01. The number of urea groups is 1. The summed E-state index contributed by atoms with van der Waals surface area (Å²) in [6.45, 7) is 1.96. The van der Waals surface area contributed by atoms with Crippen LogP contribution in [0.25, 0.3) is 0 Å². The standard InChI is InChI=1S/C14H20N4O3/c1-2-12-15-7-11(8-16-12)18-14(21)17-10-5-3-9(4-6-10)13(19)20/h7-10H,2-6H2,1H3,(H,19,20)(H2,17,18,21). The Morgan fingerprint density at radius 3 is 2.38 bits per heavy atom. The Balaban J connectivity index is 1.78. The van der Waals surface area contributed by atoms with Gasteiger partial charge >= 0.3 is 12.0 Å². The number of carbonyl (C=O) groups excluding carboxylic acids is 1. The molecule has 1 aromatic rings. The van der Waals surface area contributed by atoms with Crippen LogP contribution in [-0.2, 0) is 11.2 Å². The van der Waals surface area contributed by atoms with Gasteiger partial charge in [-0.05, 0) is 25.7 Å². The van der Waals surface area contributed by atoms with E-state index in [9.17, 15) is 9.59 Å². The van der Waals surface area contributed by atoms with Gasteiger partial charge in [-0.15, -0.1) is 0 Å². The summed E-state index contributed by atoms with van der Waals surface area (Å²) in [7, 11) is 0. The van der Waals surface area contributed by atoms with Crippen molar-refractivity contribution in [2.75, 3.05) is 5.32 Å². The Morgan fingerprint density at radius 2 is 1.86 bits per heavy atom. The number of nitrogens with one attached hydrogen (secondary N) is 2. The van der Waals surface area contributed by atoms with E-state index < -0.39 is 5.97 Å². The van der Waals surface area contributed by atoms with Crippen LogP contribution in [0.1, 0.15) is 38.4 Å². The topological polar surface area (TPSA) is 104 Å². The molecule has 1 fully saturated rings. The first-order valence-corrected chi connectivity index (χ1v) is 7.19. The maximum atomic E-state index is 11.9. The molecule has 0 atom stereocenters. The highest BCUT2D eigenvalue weighted by molar-refractivity contribution is 5.89. The molecule has 3 N–H and O–H groups in total. The fourth-order valence-electron chi connectivity index (χ4n) is 2.44. The van der Waals surface area contributed by atoms with E-state index in [1.165, 1.54) is 0 Å². The number of nitrogens with zero attached hydrogens (tertiary/aromatic N) is 2. The minimum atomic E-state index is -0.744. The Morgan fingerprint density at radius 1 is 1.24 bits per heavy atom. The van der Waals surface area contributed by atoms with Crippen LogP contribution in [0.4, 0.5) is 10.5 Å². The lowest BCUT2D eigenvalue weighted by Crippen LogP contribution is -2.41. The minimum Gasteiger partial charge on any atom is -0.481 e. The molecule has 1 aliphatic rings. The molecule has 2 amide bonds. The summed E-state index contributed by atoms with van der Waals surface area (Å²) >= 11 is 0. The van der Waals surface area contributed by atoms with Crippen molar-refractivity contribution in [2.45, 2.75) is 45.1 Å². The zero-order chi connectivity index (χ0) is 15.2. The molecule has 1 aromatic heterocycles. The summed E-state index contributed by atoms with van der Waals surface area (Å²) in [4.78, 5) is 30.9. The molecule has 114 valence electrons. The predicted octanol–water partition coefficient (Wildman–Crippen LogP) is 1.80. The predicted molar refractivity (Wildman–Crippen MR) is 76.9 cm³/mol. The van der Waals surface area contributed by atoms with Crippen LogP contribution >= 0.6 is 0 Å². The molecule has 0 spiro atoms. The number of carboxylic acid groups (broad SMARTS) is 1. The molecule has 7 heteroatoms. The normalized spacial score (nSPS) is 21.6. The molecule has 1 aliphatic carbocycles. The van der Waals surface area contributed by atoms with Gasteiger partial charge in [-0.1, -0.05) is 6.92 Å². The van der Waals surface area contributed by atoms with Gasteiger partial charge in [0.05, 0.1) is 24.0 Å². The summed E-state index contributed by atoms with van der Waals surface area (Å²) in [6.07, 6.45) is 6.49. The summed E-state index contributed by atoms with van der Waals surface area (Å²) in [5.74, 6) is -0.292. The van der Waals surface area contributed by atoms with Gasteiger partial charge in [0.2, 0.25) is 0 Å². The molecular formula is C14H20N4O3. The molecule has 0 aliphatic heterocycles. The average Bonchev–Trinajstić information content (AvgIpc) is 2.48. The van der Waals surface area contributed by atoms with Gasteiger partial charge in [0, 0.05) is 12.5 Å². The van der Waals surface area contributed by atoms with Crippen LogP contribution < -0.4 is 10.6 Å². The number of aliphatic carboxylic acids is 1. The Hall–Kier alpha value is -2.18. The molecule has 1 heterocycles. The smallest absolute Gasteiger partial charge is 0.319 e. The molecule has 0 aromatic carbocycles. The lowest BCUT2D eigenvalue weighted by molar-refractivity contribution is -0.142. The van der Waals surface area contributed by atoms with E-state index in [0.29, 0.717) is 31.4 Å². The number of rotatable bonds is 4. The number of hydrogen-bond acceptors (Lipinski definition) is 4. The summed E-state index contributed by atoms with van der Waals surface area (Å²) < 4.78 is 0. The SMILES string of the molecule is CCc1ncc(NC(=O)NC2CCC(C(=O)O)CC2)cn1. The van der Waals surface area contributed by atoms with Crippen LogP contribution in [0.5, 0.6) is 0 Å². The number of aromatic nitrogens is 2. The van der Waals surface area contributed by atoms with Gasteiger partial charge in [0.1, 0.15) is 5.82 Å². The molecule has 0 radical (unpaired) electrons. The fourth-order valence-corrected chi connectivity index (χ4v) is 2.44. The zero-order valence-corrected chi connectivity index (χ0v) is 12.0. The largest absolute Gasteiger partial charge is 0.481 e. The van der Waals surface area contributed by atoms with Crippen LogP contribution in [-0.4, -0.2) is 33.1 Å². The van der Waals surface area contributed by atoms with Crippen molar-refractivity contribution < 1.29 is 14.7 Å². The highest BCUT2D eigenvalue weighted by atomic mass is 16.4. The first kappa shape index (κ1) is 15.2. The van der Waals surface area contributed by atoms with Crippen LogP contribution in [0.2, 0.25) is 0 Å². The van der Waals surface area contributed by atoms with E-state index in [1.807, 2.05) is 6.92 Å². The lowest BCUT2D eigenvalue weighted by atomic mass is 9.86. The third kappa shape index (κ3) is 4.40. The van der Waals surface area contributed by atoms with Gasteiger partial charge in [-0.25, -0.2) is 14.8 Å². The van der Waals surface area contributed by atoms with Crippen molar-refractivity contribution in [1.29, 1.82) is 0 Å². The maximum absolute atomic E-state index is 11.9. The summed E-state index contributed by atoms with van der Waals surface area (Å²) in [6, 6.07) is -0.280. The first-order chi connectivity index (χ1) is 10.1. The van der Waals surface area contributed by atoms with E-state index in [-0.39, 0.29) is 18.0 Å². The van der Waals surface area contributed by atoms with E-state index in [4.69, 9.17) is 5.11 Å². The highest BCUT2D eigenvalue weighted by Gasteiger charge is 2.26. The lowest BCUT2D eigenvalue weighted by Gasteiger charge is -2.26. The molecule has 0 unspecified atom stereocenters. The van der Waals surface area contributed by atoms with Crippen molar-refractivity contribution in [1.82, 2.24) is 15.3 Å². The number of hydrogen-bond donors (Lipinski definition) is 3. The fraction of sp³-hybridized carbons (Fsp3) is 0.571. The van der Waals surface area contributed by atoms with Crippen LogP contribution in [0, 0.1) is 5.92 Å². The van der Waals surface area contributed by atoms with Gasteiger partial charge < -0.3 is 15.7 Å². The van der Waals surface area contributed by atoms with Crippen LogP contribution in [0.3, 0.4) is 0 Å². The molecule has 0 bridgehead atoms. The Bertz CT molecular complexity index is 495. The first-order valence-electron chi connectivity index (χ1n) is 7.19. The minimum absolute atomic E-state index is 0.0245. The number of carboxylic acids is 1. The third-order valence-electron chi connectivity index (χ3n) is 3.69. The quantitative estimate of drug-likeness (QED) is 0.785. The maximum Gasteiger partial charge on any atom is 0.319 e. The van der Waals surface area contributed by atoms with Crippen molar-refractivity contribution in [2.24, 2.45) is 5.92 Å². The van der Waals surface area contributed by atoms with Crippen molar-refractivity contribution in [3.05, 3.63) is 18.2 Å². The van der Waals surface area contributed by atoms with Crippen LogP contribution in [0.15, 0.2) is 12.4 Å². The zero-order valence-electron chi connectivity index (χ0n) is 12.0. The Labute approximate surface area is 123 Å². The van der Waals surface area contributed by atoms with E-state index >= 15 is 0 Å². The van der Waals surface area contributed by atoms with Crippen molar-refractivity contribution >= 4 is 17.7 Å². The van der Waals surface area contributed by atoms with Gasteiger partial charge in [0.15, 0.2) is 0 Å².